The van der Waals surface area contributed by atoms with Gasteiger partial charge in [0, 0.05) is 40.4 Å². The first kappa shape index (κ1) is 35.6. The molecule has 2 amide bonds. The number of terminal acetylenes is 2. The van der Waals surface area contributed by atoms with E-state index >= 15 is 0 Å². The quantitative estimate of drug-likeness (QED) is 0.286. The summed E-state index contributed by atoms with van der Waals surface area (Å²) in [5.41, 5.74) is -0.907. The Hall–Kier alpha value is -1.94. The maximum atomic E-state index is 11.5. The Kier molecular flexibility index (Phi) is 22.3. The molecule has 8 nitrogen and oxygen atoms in total. The fraction of sp³-hybridized carbons (Fsp3) is 0.750. The number of carbonyl (C=O) groups excluding carboxylic acids is 2. The molecular weight excluding hydrogens is 492 g/mol. The zero-order valence-corrected chi connectivity index (χ0v) is 23.2. The summed E-state index contributed by atoms with van der Waals surface area (Å²) < 4.78 is 15.4. The molecule has 0 saturated heterocycles. The highest BCUT2D eigenvalue weighted by molar-refractivity contribution is 9.09. The number of rotatable bonds is 8. The van der Waals surface area contributed by atoms with Gasteiger partial charge in [-0.3, -0.25) is 0 Å². The second-order valence-electron chi connectivity index (χ2n) is 8.83. The van der Waals surface area contributed by atoms with Crippen molar-refractivity contribution < 1.29 is 28.9 Å². The van der Waals surface area contributed by atoms with Crippen molar-refractivity contribution in [2.75, 3.05) is 52.3 Å². The van der Waals surface area contributed by atoms with Gasteiger partial charge in [0.25, 0.3) is 0 Å². The van der Waals surface area contributed by atoms with Crippen LogP contribution < -0.4 is 0 Å². The number of hydrogen-bond acceptors (Lipinski definition) is 6. The molecular formula is C24H43BrN2O6. The van der Waals surface area contributed by atoms with Crippen LogP contribution in [0.3, 0.4) is 0 Å². The maximum Gasteiger partial charge on any atom is 0.410 e. The van der Waals surface area contributed by atoms with Gasteiger partial charge in [0.15, 0.2) is 0 Å². The lowest BCUT2D eigenvalue weighted by molar-refractivity contribution is 0.0276. The van der Waals surface area contributed by atoms with Crippen LogP contribution in [0.1, 0.15) is 54.4 Å². The monoisotopic (exact) mass is 534 g/mol. The number of hydrogen-bond donors (Lipinski definition) is 1. The molecule has 0 fully saturated rings. The Morgan fingerprint density at radius 1 is 0.879 bits per heavy atom. The van der Waals surface area contributed by atoms with Gasteiger partial charge in [0.2, 0.25) is 0 Å². The highest BCUT2D eigenvalue weighted by Crippen LogP contribution is 2.09. The van der Waals surface area contributed by atoms with Gasteiger partial charge in [-0.2, -0.15) is 0 Å². The molecule has 0 spiro atoms. The van der Waals surface area contributed by atoms with Gasteiger partial charge in [-0.15, -0.1) is 12.8 Å². The second kappa shape index (κ2) is 20.7. The summed E-state index contributed by atoms with van der Waals surface area (Å²) in [6, 6.07) is 0. The van der Waals surface area contributed by atoms with Crippen molar-refractivity contribution in [3.63, 3.8) is 0 Å². The third-order valence-corrected chi connectivity index (χ3v) is 3.43. The van der Waals surface area contributed by atoms with Crippen LogP contribution in [-0.4, -0.2) is 90.6 Å². The molecule has 0 unspecified atom stereocenters. The highest BCUT2D eigenvalue weighted by Gasteiger charge is 2.19. The predicted octanol–water partition coefficient (Wildman–Crippen LogP) is 4.14. The van der Waals surface area contributed by atoms with Crippen LogP contribution in [0.2, 0.25) is 0 Å². The summed E-state index contributed by atoms with van der Waals surface area (Å²) in [4.78, 5) is 25.8. The van der Waals surface area contributed by atoms with Crippen molar-refractivity contribution in [2.45, 2.75) is 65.6 Å². The number of ether oxygens (including phenoxy) is 3. The van der Waals surface area contributed by atoms with E-state index in [2.05, 4.69) is 27.8 Å². The number of amides is 2. The van der Waals surface area contributed by atoms with Crippen LogP contribution in [-0.2, 0) is 14.2 Å². The Bertz CT molecular complexity index is 600. The van der Waals surface area contributed by atoms with Crippen molar-refractivity contribution >= 4 is 28.1 Å². The lowest BCUT2D eigenvalue weighted by Crippen LogP contribution is -2.35. The van der Waals surface area contributed by atoms with E-state index in [1.165, 1.54) is 9.80 Å². The Morgan fingerprint density at radius 3 is 1.58 bits per heavy atom. The summed E-state index contributed by atoms with van der Waals surface area (Å²) in [6.07, 6.45) is 10.4. The predicted molar refractivity (Wildman–Crippen MR) is 136 cm³/mol. The molecule has 0 saturated carbocycles. The molecule has 0 atom stereocenters. The van der Waals surface area contributed by atoms with Crippen molar-refractivity contribution in [3.05, 3.63) is 0 Å². The van der Waals surface area contributed by atoms with Crippen LogP contribution >= 0.6 is 15.9 Å². The summed E-state index contributed by atoms with van der Waals surface area (Å²) in [7, 11) is 3.36. The zero-order valence-electron chi connectivity index (χ0n) is 21.6. The molecule has 0 aliphatic carbocycles. The molecule has 192 valence electrons. The van der Waals surface area contributed by atoms with E-state index in [1.807, 2.05) is 41.5 Å². The molecule has 0 rings (SSSR count). The lowest BCUT2D eigenvalue weighted by Gasteiger charge is -2.24. The van der Waals surface area contributed by atoms with E-state index < -0.39 is 11.2 Å². The number of alkyl halides is 1. The first-order valence-electron chi connectivity index (χ1n) is 10.6. The first-order valence-corrected chi connectivity index (χ1v) is 11.8. The van der Waals surface area contributed by atoms with Crippen LogP contribution in [0.5, 0.6) is 0 Å². The van der Waals surface area contributed by atoms with Gasteiger partial charge in [0.1, 0.15) is 17.8 Å². The fourth-order valence-electron chi connectivity index (χ4n) is 1.71. The Labute approximate surface area is 209 Å². The van der Waals surface area contributed by atoms with Crippen LogP contribution in [0.15, 0.2) is 0 Å². The Balaban J connectivity index is -0.000000476. The molecule has 33 heavy (non-hydrogen) atoms. The van der Waals surface area contributed by atoms with E-state index in [-0.39, 0.29) is 18.8 Å². The van der Waals surface area contributed by atoms with Gasteiger partial charge >= 0.3 is 12.2 Å². The number of halogens is 1. The minimum Gasteiger partial charge on any atom is -0.444 e. The Morgan fingerprint density at radius 2 is 1.27 bits per heavy atom. The second-order valence-corrected chi connectivity index (χ2v) is 9.39. The van der Waals surface area contributed by atoms with E-state index in [0.29, 0.717) is 38.1 Å². The third-order valence-electron chi connectivity index (χ3n) is 3.11. The molecule has 1 N–H and O–H groups in total. The van der Waals surface area contributed by atoms with E-state index in [0.717, 1.165) is 6.42 Å². The van der Waals surface area contributed by atoms with Gasteiger partial charge in [-0.25, -0.2) is 9.59 Å². The molecule has 0 aliphatic heterocycles. The largest absolute Gasteiger partial charge is 0.444 e. The van der Waals surface area contributed by atoms with Crippen molar-refractivity contribution in [2.24, 2.45) is 0 Å². The normalized spacial score (nSPS) is 10.2. The van der Waals surface area contributed by atoms with E-state index in [4.69, 9.17) is 32.2 Å². The lowest BCUT2D eigenvalue weighted by atomic mass is 10.2. The fourth-order valence-corrected chi connectivity index (χ4v) is 1.71. The van der Waals surface area contributed by atoms with Gasteiger partial charge in [-0.1, -0.05) is 27.8 Å². The smallest absolute Gasteiger partial charge is 0.410 e. The molecule has 0 aromatic carbocycles. The topological polar surface area (TPSA) is 88.5 Å². The van der Waals surface area contributed by atoms with Crippen molar-refractivity contribution in [3.8, 4) is 24.7 Å². The maximum absolute atomic E-state index is 11.5. The molecule has 9 heteroatoms. The minimum atomic E-state index is -0.454. The average molecular weight is 536 g/mol. The molecule has 0 radical (unpaired) electrons. The van der Waals surface area contributed by atoms with E-state index in [1.54, 1.807) is 14.1 Å². The summed E-state index contributed by atoms with van der Waals surface area (Å²) in [5, 5.41) is 9.21. The molecule has 0 aromatic heterocycles. The number of carbonyl (C=O) groups is 2. The molecule has 0 heterocycles. The minimum absolute atomic E-state index is 0.0904. The van der Waals surface area contributed by atoms with Crippen molar-refractivity contribution in [1.29, 1.82) is 0 Å². The zero-order chi connectivity index (χ0) is 26.5. The molecule has 0 aliphatic rings. The molecule has 0 bridgehead atoms. The van der Waals surface area contributed by atoms with Gasteiger partial charge in [-0.05, 0) is 54.4 Å². The van der Waals surface area contributed by atoms with Crippen LogP contribution in [0.25, 0.3) is 0 Å². The molecule has 0 aromatic rings. The number of aliphatic hydroxyl groups is 1. The average Bonchev–Trinajstić information content (AvgIpc) is 2.69. The summed E-state index contributed by atoms with van der Waals surface area (Å²) in [6.45, 7) is 13.1. The SMILES string of the molecule is C#CCBr.C#CCOCCCN(C)C(=O)OC(C)(C)C.CN(CCCO)C(=O)OC(C)(C)C. The van der Waals surface area contributed by atoms with Crippen molar-refractivity contribution in [1.82, 2.24) is 9.80 Å². The van der Waals surface area contributed by atoms with Gasteiger partial charge in [0.05, 0.1) is 5.33 Å². The van der Waals surface area contributed by atoms with Crippen LogP contribution in [0, 0.1) is 24.7 Å². The van der Waals surface area contributed by atoms with Gasteiger partial charge < -0.3 is 29.1 Å². The third kappa shape index (κ3) is 30.1. The summed E-state index contributed by atoms with van der Waals surface area (Å²) >= 11 is 3.01. The summed E-state index contributed by atoms with van der Waals surface area (Å²) in [5.74, 6) is 4.73. The number of nitrogens with zero attached hydrogens (tertiary/aromatic N) is 2. The first-order chi connectivity index (χ1) is 15.1. The standard InChI is InChI=1S/C12H21NO3.C9H19NO3.C3H3Br/c1-6-9-15-10-7-8-13(5)11(14)16-12(2,3)4;1-9(2,3)13-8(12)10(4)6-5-7-11;1-2-3-4/h1H,7-10H2,2-5H3;11H,5-7H2,1-4H3;1H,3H2. The van der Waals surface area contributed by atoms with Crippen LogP contribution in [0.4, 0.5) is 9.59 Å². The highest BCUT2D eigenvalue weighted by atomic mass is 79.9. The van der Waals surface area contributed by atoms with E-state index in [9.17, 15) is 9.59 Å². The number of aliphatic hydroxyl groups excluding tert-OH is 1.